The molecule has 0 aliphatic carbocycles. The highest BCUT2D eigenvalue weighted by Gasteiger charge is 2.07. The maximum Gasteiger partial charge on any atom is 0.159 e. The molecule has 5 heteroatoms. The van der Waals surface area contributed by atoms with Crippen molar-refractivity contribution in [1.82, 2.24) is 9.97 Å². The monoisotopic (exact) mass is 244 g/mol. The number of benzene rings is 1. The summed E-state index contributed by atoms with van der Waals surface area (Å²) in [5.41, 5.74) is 8.19. The Balaban J connectivity index is 2.33. The average Bonchev–Trinajstić information content (AvgIpc) is 2.29. The molecule has 0 saturated carbocycles. The number of thiocarbonyl (C=S) groups is 1. The third-order valence-electron chi connectivity index (χ3n) is 2.21. The molecule has 0 amide bonds. The SMILES string of the molecule is Cc1cccc(Nc2nccnc2C(N)=S)c1. The van der Waals surface area contributed by atoms with E-state index in [0.717, 1.165) is 11.3 Å². The van der Waals surface area contributed by atoms with Crippen LogP contribution in [0.2, 0.25) is 0 Å². The minimum atomic E-state index is 0.230. The van der Waals surface area contributed by atoms with Gasteiger partial charge in [0.25, 0.3) is 0 Å². The van der Waals surface area contributed by atoms with E-state index in [0.29, 0.717) is 11.5 Å². The molecule has 0 spiro atoms. The van der Waals surface area contributed by atoms with E-state index >= 15 is 0 Å². The first kappa shape index (κ1) is 11.5. The second-order valence-corrected chi connectivity index (χ2v) is 4.05. The fourth-order valence-corrected chi connectivity index (χ4v) is 1.62. The summed E-state index contributed by atoms with van der Waals surface area (Å²) in [6, 6.07) is 7.95. The molecule has 0 aliphatic heterocycles. The standard InChI is InChI=1S/C12H12N4S/c1-8-3-2-4-9(7-8)16-12-10(11(13)17)14-5-6-15-12/h2-7H,1H3,(H2,13,17)(H,15,16). The van der Waals surface area contributed by atoms with E-state index < -0.39 is 0 Å². The van der Waals surface area contributed by atoms with Gasteiger partial charge < -0.3 is 11.1 Å². The van der Waals surface area contributed by atoms with Gasteiger partial charge in [-0.15, -0.1) is 0 Å². The number of anilines is 2. The van der Waals surface area contributed by atoms with Crippen LogP contribution in [0, 0.1) is 6.92 Å². The molecule has 0 radical (unpaired) electrons. The van der Waals surface area contributed by atoms with E-state index in [1.54, 1.807) is 12.4 Å². The van der Waals surface area contributed by atoms with E-state index in [2.05, 4.69) is 15.3 Å². The van der Waals surface area contributed by atoms with E-state index in [9.17, 15) is 0 Å². The number of aryl methyl sites for hydroxylation is 1. The van der Waals surface area contributed by atoms with Gasteiger partial charge in [-0.25, -0.2) is 9.97 Å². The van der Waals surface area contributed by atoms with Crippen molar-refractivity contribution in [1.29, 1.82) is 0 Å². The Bertz CT molecular complexity index is 554. The van der Waals surface area contributed by atoms with Crippen molar-refractivity contribution in [3.63, 3.8) is 0 Å². The third-order valence-corrected chi connectivity index (χ3v) is 2.41. The molecular weight excluding hydrogens is 232 g/mol. The maximum absolute atomic E-state index is 5.59. The number of rotatable bonds is 3. The van der Waals surface area contributed by atoms with E-state index in [-0.39, 0.29) is 4.99 Å². The molecule has 0 fully saturated rings. The molecule has 1 aromatic heterocycles. The normalized spacial score (nSPS) is 9.94. The Labute approximate surface area is 105 Å². The van der Waals surface area contributed by atoms with Crippen LogP contribution in [-0.4, -0.2) is 15.0 Å². The van der Waals surface area contributed by atoms with Crippen LogP contribution in [0.15, 0.2) is 36.7 Å². The van der Waals surface area contributed by atoms with Crippen molar-refractivity contribution >= 4 is 28.7 Å². The molecule has 0 aliphatic rings. The second kappa shape index (κ2) is 4.88. The molecule has 17 heavy (non-hydrogen) atoms. The molecule has 3 N–H and O–H groups in total. The topological polar surface area (TPSA) is 63.8 Å². The number of hydrogen-bond donors (Lipinski definition) is 2. The maximum atomic E-state index is 5.59. The summed E-state index contributed by atoms with van der Waals surface area (Å²) in [5.74, 6) is 0.575. The molecule has 2 rings (SSSR count). The summed E-state index contributed by atoms with van der Waals surface area (Å²) in [4.78, 5) is 8.52. The predicted octanol–water partition coefficient (Wildman–Crippen LogP) is 2.16. The van der Waals surface area contributed by atoms with Crippen LogP contribution in [0.25, 0.3) is 0 Å². The van der Waals surface area contributed by atoms with Crippen molar-refractivity contribution in [2.75, 3.05) is 5.32 Å². The number of nitrogens with two attached hydrogens (primary N) is 1. The number of aromatic nitrogens is 2. The van der Waals surface area contributed by atoms with Gasteiger partial charge in [0.15, 0.2) is 5.82 Å². The first-order valence-corrected chi connectivity index (χ1v) is 5.52. The van der Waals surface area contributed by atoms with Gasteiger partial charge in [-0.1, -0.05) is 24.4 Å². The first-order chi connectivity index (χ1) is 8.16. The van der Waals surface area contributed by atoms with Gasteiger partial charge in [-0.3, -0.25) is 0 Å². The Kier molecular flexibility index (Phi) is 3.30. The molecule has 4 nitrogen and oxygen atoms in total. The van der Waals surface area contributed by atoms with Crippen molar-refractivity contribution in [2.24, 2.45) is 5.73 Å². The molecule has 0 atom stereocenters. The molecule has 1 heterocycles. The molecule has 2 aromatic rings. The van der Waals surface area contributed by atoms with Gasteiger partial charge in [0.1, 0.15) is 10.7 Å². The van der Waals surface area contributed by atoms with Crippen LogP contribution < -0.4 is 11.1 Å². The molecule has 86 valence electrons. The molecular formula is C12H12N4S. The van der Waals surface area contributed by atoms with Crippen LogP contribution in [0.5, 0.6) is 0 Å². The smallest absolute Gasteiger partial charge is 0.159 e. The Hall–Kier alpha value is -2.01. The van der Waals surface area contributed by atoms with Crippen LogP contribution in [0.4, 0.5) is 11.5 Å². The van der Waals surface area contributed by atoms with Gasteiger partial charge in [0.2, 0.25) is 0 Å². The zero-order chi connectivity index (χ0) is 12.3. The van der Waals surface area contributed by atoms with Crippen LogP contribution in [0.3, 0.4) is 0 Å². The Morgan fingerprint density at radius 1 is 1.29 bits per heavy atom. The lowest BCUT2D eigenvalue weighted by Gasteiger charge is -2.09. The van der Waals surface area contributed by atoms with Crippen LogP contribution >= 0.6 is 12.2 Å². The molecule has 1 aromatic carbocycles. The number of hydrogen-bond acceptors (Lipinski definition) is 4. The average molecular weight is 244 g/mol. The molecule has 0 saturated heterocycles. The Morgan fingerprint density at radius 3 is 2.76 bits per heavy atom. The largest absolute Gasteiger partial charge is 0.388 e. The highest BCUT2D eigenvalue weighted by atomic mass is 32.1. The highest BCUT2D eigenvalue weighted by molar-refractivity contribution is 7.80. The number of nitrogens with zero attached hydrogens (tertiary/aromatic N) is 2. The zero-order valence-corrected chi connectivity index (χ0v) is 10.2. The van der Waals surface area contributed by atoms with Crippen molar-refractivity contribution in [2.45, 2.75) is 6.92 Å². The summed E-state index contributed by atoms with van der Waals surface area (Å²) in [5, 5.41) is 3.15. The summed E-state index contributed by atoms with van der Waals surface area (Å²) in [6.45, 7) is 2.02. The fourth-order valence-electron chi connectivity index (χ4n) is 1.47. The van der Waals surface area contributed by atoms with E-state index in [1.165, 1.54) is 0 Å². The quantitative estimate of drug-likeness (QED) is 0.810. The lowest BCUT2D eigenvalue weighted by atomic mass is 10.2. The lowest BCUT2D eigenvalue weighted by Crippen LogP contribution is -2.14. The molecule has 0 unspecified atom stereocenters. The second-order valence-electron chi connectivity index (χ2n) is 3.61. The van der Waals surface area contributed by atoms with Gasteiger partial charge in [0.05, 0.1) is 0 Å². The predicted molar refractivity (Wildman–Crippen MR) is 72.4 cm³/mol. The van der Waals surface area contributed by atoms with Crippen molar-refractivity contribution in [3.05, 3.63) is 47.9 Å². The third kappa shape index (κ3) is 2.76. The fraction of sp³-hybridized carbons (Fsp3) is 0.0833. The van der Waals surface area contributed by atoms with Crippen molar-refractivity contribution < 1.29 is 0 Å². The minimum absolute atomic E-state index is 0.230. The lowest BCUT2D eigenvalue weighted by molar-refractivity contribution is 1.18. The van der Waals surface area contributed by atoms with E-state index in [4.69, 9.17) is 18.0 Å². The Morgan fingerprint density at radius 2 is 2.06 bits per heavy atom. The van der Waals surface area contributed by atoms with Gasteiger partial charge in [-0.05, 0) is 24.6 Å². The van der Waals surface area contributed by atoms with Crippen molar-refractivity contribution in [3.8, 4) is 0 Å². The number of nitrogens with one attached hydrogen (secondary N) is 1. The highest BCUT2D eigenvalue weighted by Crippen LogP contribution is 2.17. The van der Waals surface area contributed by atoms with E-state index in [1.807, 2.05) is 31.2 Å². The van der Waals surface area contributed by atoms with Gasteiger partial charge in [0, 0.05) is 18.1 Å². The zero-order valence-electron chi connectivity index (χ0n) is 9.34. The summed E-state index contributed by atoms with van der Waals surface area (Å²) in [7, 11) is 0. The van der Waals surface area contributed by atoms with Crippen LogP contribution in [0.1, 0.15) is 11.3 Å². The first-order valence-electron chi connectivity index (χ1n) is 5.11. The van der Waals surface area contributed by atoms with Gasteiger partial charge in [-0.2, -0.15) is 0 Å². The van der Waals surface area contributed by atoms with Crippen LogP contribution in [-0.2, 0) is 0 Å². The minimum Gasteiger partial charge on any atom is -0.388 e. The summed E-state index contributed by atoms with van der Waals surface area (Å²) >= 11 is 4.93. The molecule has 0 bridgehead atoms. The van der Waals surface area contributed by atoms with Gasteiger partial charge >= 0.3 is 0 Å². The summed E-state index contributed by atoms with van der Waals surface area (Å²) in [6.07, 6.45) is 3.16. The summed E-state index contributed by atoms with van der Waals surface area (Å²) < 4.78 is 0.